The second kappa shape index (κ2) is 6.03. The third-order valence-corrected chi connectivity index (χ3v) is 4.47. The maximum Gasteiger partial charge on any atom is 0.287 e. The molecule has 0 saturated heterocycles. The molecule has 0 fully saturated rings. The predicted molar refractivity (Wildman–Crippen MR) is 101 cm³/mol. The molecule has 2 N–H and O–H groups in total. The van der Waals surface area contributed by atoms with Gasteiger partial charge in [-0.05, 0) is 31.2 Å². The molecule has 0 aliphatic carbocycles. The van der Waals surface area contributed by atoms with E-state index in [9.17, 15) is 14.9 Å². The van der Waals surface area contributed by atoms with Gasteiger partial charge in [0.05, 0.1) is 11.1 Å². The van der Waals surface area contributed by atoms with Crippen molar-refractivity contribution >= 4 is 39.1 Å². The van der Waals surface area contributed by atoms with Crippen molar-refractivity contribution in [3.05, 3.63) is 70.5 Å². The van der Waals surface area contributed by atoms with Gasteiger partial charge in [-0.15, -0.1) is 0 Å². The molecule has 0 atom stereocenters. The fraction of sp³-hybridized carbons (Fsp3) is 0.105. The molecule has 7 heteroatoms. The van der Waals surface area contributed by atoms with E-state index in [0.717, 1.165) is 28.4 Å². The first-order chi connectivity index (χ1) is 12.6. The van der Waals surface area contributed by atoms with Crippen LogP contribution in [-0.2, 0) is 6.54 Å². The van der Waals surface area contributed by atoms with Gasteiger partial charge in [0.2, 0.25) is 0 Å². The normalized spacial score (nSPS) is 11.1. The van der Waals surface area contributed by atoms with E-state index in [4.69, 9.17) is 0 Å². The smallest absolute Gasteiger partial charge is 0.287 e. The average molecular weight is 348 g/mol. The van der Waals surface area contributed by atoms with E-state index in [2.05, 4.69) is 33.9 Å². The number of fused-ring (bicyclic) bond motifs is 3. The van der Waals surface area contributed by atoms with E-state index in [0.29, 0.717) is 5.69 Å². The van der Waals surface area contributed by atoms with Gasteiger partial charge in [0.25, 0.3) is 11.6 Å². The highest BCUT2D eigenvalue weighted by molar-refractivity contribution is 6.11. The van der Waals surface area contributed by atoms with Crippen LogP contribution in [0, 0.1) is 10.1 Å². The maximum atomic E-state index is 12.3. The number of nitrogens with one attached hydrogen (secondary N) is 2. The lowest BCUT2D eigenvalue weighted by Crippen LogP contribution is -2.12. The third kappa shape index (κ3) is 2.50. The molecule has 7 nitrogen and oxygen atoms in total. The molecule has 130 valence electrons. The van der Waals surface area contributed by atoms with Gasteiger partial charge >= 0.3 is 0 Å². The molecule has 0 aliphatic heterocycles. The van der Waals surface area contributed by atoms with E-state index in [1.807, 2.05) is 30.3 Å². The molecule has 26 heavy (non-hydrogen) atoms. The van der Waals surface area contributed by atoms with Crippen LogP contribution in [-0.4, -0.2) is 20.4 Å². The Balaban J connectivity index is 1.72. The van der Waals surface area contributed by atoms with Gasteiger partial charge in [0.15, 0.2) is 0 Å². The molecule has 0 unspecified atom stereocenters. The topological polar surface area (TPSA) is 93.0 Å². The van der Waals surface area contributed by atoms with Crippen LogP contribution in [0.3, 0.4) is 0 Å². The molecular weight excluding hydrogens is 332 g/mol. The monoisotopic (exact) mass is 348 g/mol. The van der Waals surface area contributed by atoms with Crippen molar-refractivity contribution in [3.8, 4) is 0 Å². The number of anilines is 1. The largest absolute Gasteiger partial charge is 0.351 e. The molecule has 4 rings (SSSR count). The van der Waals surface area contributed by atoms with Crippen molar-refractivity contribution in [1.29, 1.82) is 0 Å². The summed E-state index contributed by atoms with van der Waals surface area (Å²) in [5.41, 5.74) is 2.89. The Hall–Kier alpha value is -3.61. The quantitative estimate of drug-likeness (QED) is 0.425. The summed E-state index contributed by atoms with van der Waals surface area (Å²) in [5.74, 6) is -0.420. The first-order valence-corrected chi connectivity index (χ1v) is 8.23. The van der Waals surface area contributed by atoms with Crippen LogP contribution in [0.25, 0.3) is 21.8 Å². The zero-order valence-electron chi connectivity index (χ0n) is 14.0. The number of rotatable bonds is 4. The van der Waals surface area contributed by atoms with Crippen LogP contribution >= 0.6 is 0 Å². The first kappa shape index (κ1) is 15.9. The summed E-state index contributed by atoms with van der Waals surface area (Å²) >= 11 is 0. The van der Waals surface area contributed by atoms with E-state index < -0.39 is 10.8 Å². The van der Waals surface area contributed by atoms with Crippen molar-refractivity contribution in [2.24, 2.45) is 0 Å². The SMILES string of the molecule is CCn1c2ccccc2c2cc(NC(=O)c3cc([N+](=O)[O-])c[nH]3)ccc21. The molecule has 0 spiro atoms. The molecule has 2 aromatic heterocycles. The predicted octanol–water partition coefficient (Wildman–Crippen LogP) is 4.30. The van der Waals surface area contributed by atoms with Crippen molar-refractivity contribution in [1.82, 2.24) is 9.55 Å². The van der Waals surface area contributed by atoms with E-state index in [1.54, 1.807) is 0 Å². The number of aromatic nitrogens is 2. The minimum Gasteiger partial charge on any atom is -0.351 e. The number of hydrogen-bond donors (Lipinski definition) is 2. The molecule has 2 aromatic carbocycles. The Morgan fingerprint density at radius 2 is 1.92 bits per heavy atom. The number of carbonyl (C=O) groups excluding carboxylic acids is 1. The van der Waals surface area contributed by atoms with E-state index in [-0.39, 0.29) is 11.4 Å². The lowest BCUT2D eigenvalue weighted by molar-refractivity contribution is -0.384. The summed E-state index contributed by atoms with van der Waals surface area (Å²) in [6.45, 7) is 2.95. The number of nitrogens with zero attached hydrogens (tertiary/aromatic N) is 2. The van der Waals surface area contributed by atoms with Gasteiger partial charge in [-0.1, -0.05) is 18.2 Å². The number of amides is 1. The average Bonchev–Trinajstić information content (AvgIpc) is 3.25. The van der Waals surface area contributed by atoms with Crippen LogP contribution in [0.4, 0.5) is 11.4 Å². The summed E-state index contributed by atoms with van der Waals surface area (Å²) in [4.78, 5) is 25.2. The molecule has 0 saturated carbocycles. The van der Waals surface area contributed by atoms with Gasteiger partial charge < -0.3 is 14.9 Å². The first-order valence-electron chi connectivity index (χ1n) is 8.23. The Morgan fingerprint density at radius 3 is 2.65 bits per heavy atom. The molecule has 4 aromatic rings. The fourth-order valence-electron chi connectivity index (χ4n) is 3.29. The van der Waals surface area contributed by atoms with Crippen LogP contribution in [0.15, 0.2) is 54.7 Å². The molecule has 0 bridgehead atoms. The van der Waals surface area contributed by atoms with Crippen LogP contribution in [0.2, 0.25) is 0 Å². The van der Waals surface area contributed by atoms with Gasteiger partial charge in [0.1, 0.15) is 5.69 Å². The van der Waals surface area contributed by atoms with Crippen LogP contribution < -0.4 is 5.32 Å². The number of aryl methyl sites for hydroxylation is 1. The van der Waals surface area contributed by atoms with Gasteiger partial charge in [0, 0.05) is 40.1 Å². The lowest BCUT2D eigenvalue weighted by atomic mass is 10.1. The molecule has 0 aliphatic rings. The maximum absolute atomic E-state index is 12.3. The zero-order valence-corrected chi connectivity index (χ0v) is 14.0. The number of benzene rings is 2. The molecular formula is C19H16N4O3. The highest BCUT2D eigenvalue weighted by Gasteiger charge is 2.15. The van der Waals surface area contributed by atoms with Crippen molar-refractivity contribution in [2.45, 2.75) is 13.5 Å². The number of hydrogen-bond acceptors (Lipinski definition) is 3. The summed E-state index contributed by atoms with van der Waals surface area (Å²) < 4.78 is 2.23. The van der Waals surface area contributed by atoms with Gasteiger partial charge in [-0.25, -0.2) is 0 Å². The Kier molecular flexibility index (Phi) is 3.69. The second-order valence-electron chi connectivity index (χ2n) is 5.98. The minimum absolute atomic E-state index is 0.142. The number of para-hydroxylation sites is 1. The number of carbonyl (C=O) groups is 1. The van der Waals surface area contributed by atoms with E-state index >= 15 is 0 Å². The Bertz CT molecular complexity index is 1160. The highest BCUT2D eigenvalue weighted by atomic mass is 16.6. The van der Waals surface area contributed by atoms with Gasteiger partial charge in [-0.3, -0.25) is 14.9 Å². The fourth-order valence-corrected chi connectivity index (χ4v) is 3.29. The standard InChI is InChI=1S/C19H16N4O3/c1-2-22-17-6-4-3-5-14(17)15-9-12(7-8-18(15)22)21-19(24)16-10-13(11-20-16)23(25)26/h3-11,20H,2H2,1H3,(H,21,24). The lowest BCUT2D eigenvalue weighted by Gasteiger charge is -2.05. The molecule has 1 amide bonds. The Morgan fingerprint density at radius 1 is 1.15 bits per heavy atom. The second-order valence-corrected chi connectivity index (χ2v) is 5.98. The Labute approximate surface area is 148 Å². The summed E-state index contributed by atoms with van der Waals surface area (Å²) in [7, 11) is 0. The number of H-pyrrole nitrogens is 1. The van der Waals surface area contributed by atoms with Crippen LogP contribution in [0.1, 0.15) is 17.4 Å². The summed E-state index contributed by atoms with van der Waals surface area (Å²) in [6.07, 6.45) is 1.20. The number of aromatic amines is 1. The molecule has 0 radical (unpaired) electrons. The zero-order chi connectivity index (χ0) is 18.3. The minimum atomic E-state index is -0.543. The van der Waals surface area contributed by atoms with Gasteiger partial charge in [-0.2, -0.15) is 0 Å². The van der Waals surface area contributed by atoms with Crippen molar-refractivity contribution in [2.75, 3.05) is 5.32 Å². The summed E-state index contributed by atoms with van der Waals surface area (Å²) in [6, 6.07) is 15.1. The summed E-state index contributed by atoms with van der Waals surface area (Å²) in [5, 5.41) is 15.7. The van der Waals surface area contributed by atoms with E-state index in [1.165, 1.54) is 12.3 Å². The van der Waals surface area contributed by atoms with Crippen LogP contribution in [0.5, 0.6) is 0 Å². The van der Waals surface area contributed by atoms with Crippen molar-refractivity contribution < 1.29 is 9.72 Å². The highest BCUT2D eigenvalue weighted by Crippen LogP contribution is 2.31. The van der Waals surface area contributed by atoms with Crippen molar-refractivity contribution in [3.63, 3.8) is 0 Å². The third-order valence-electron chi connectivity index (χ3n) is 4.47. The molecule has 2 heterocycles. The number of nitro groups is 1.